The Balaban J connectivity index is 1.62. The molecule has 2 fully saturated rings. The van der Waals surface area contributed by atoms with E-state index >= 15 is 0 Å². The lowest BCUT2D eigenvalue weighted by molar-refractivity contribution is -0.139. The van der Waals surface area contributed by atoms with E-state index in [2.05, 4.69) is 18.7 Å². The number of hydrogen-bond acceptors (Lipinski definition) is 5. The number of likely N-dealkylation sites (tertiary alicyclic amines) is 1. The Morgan fingerprint density at radius 3 is 2.40 bits per heavy atom. The zero-order chi connectivity index (χ0) is 21.1. The summed E-state index contributed by atoms with van der Waals surface area (Å²) >= 11 is 0. The number of carbonyl (C=O) groups is 2. The summed E-state index contributed by atoms with van der Waals surface area (Å²) in [5, 5.41) is 0. The number of nitrogens with zero attached hydrogens (tertiary/aromatic N) is 2. The van der Waals surface area contributed by atoms with Gasteiger partial charge >= 0.3 is 0 Å². The van der Waals surface area contributed by atoms with Crippen LogP contribution in [0.1, 0.15) is 51.5 Å². The van der Waals surface area contributed by atoms with Crippen molar-refractivity contribution in [2.75, 3.05) is 32.8 Å². The SMILES string of the molecule is CC(C)COc1ccc(C2=C(N3CCCCC3)C(=O)N(CC3CCCO3)C2=O)cc1. The maximum absolute atomic E-state index is 13.4. The van der Waals surface area contributed by atoms with E-state index in [0.717, 1.165) is 50.1 Å². The van der Waals surface area contributed by atoms with Crippen LogP contribution >= 0.6 is 0 Å². The molecular weight excluding hydrogens is 380 g/mol. The lowest BCUT2D eigenvalue weighted by atomic mass is 10.0. The van der Waals surface area contributed by atoms with Crippen molar-refractivity contribution in [3.8, 4) is 5.75 Å². The Bertz CT molecular complexity index is 803. The Labute approximate surface area is 178 Å². The van der Waals surface area contributed by atoms with Crippen LogP contribution in [0.15, 0.2) is 30.0 Å². The molecule has 1 aromatic carbocycles. The van der Waals surface area contributed by atoms with Crippen molar-refractivity contribution < 1.29 is 19.1 Å². The summed E-state index contributed by atoms with van der Waals surface area (Å²) < 4.78 is 11.5. The smallest absolute Gasteiger partial charge is 0.277 e. The van der Waals surface area contributed by atoms with Crippen molar-refractivity contribution in [2.24, 2.45) is 5.92 Å². The van der Waals surface area contributed by atoms with Crippen LogP contribution in [0.4, 0.5) is 0 Å². The van der Waals surface area contributed by atoms with Gasteiger partial charge in [-0.15, -0.1) is 0 Å². The van der Waals surface area contributed by atoms with Crippen molar-refractivity contribution in [3.05, 3.63) is 35.5 Å². The van der Waals surface area contributed by atoms with Gasteiger partial charge in [0.1, 0.15) is 11.4 Å². The van der Waals surface area contributed by atoms with Gasteiger partial charge in [0.2, 0.25) is 0 Å². The topological polar surface area (TPSA) is 59.1 Å². The fourth-order valence-electron chi connectivity index (χ4n) is 4.37. The molecule has 0 N–H and O–H groups in total. The Morgan fingerprint density at radius 2 is 1.77 bits per heavy atom. The summed E-state index contributed by atoms with van der Waals surface area (Å²) in [6.45, 7) is 7.55. The third-order valence-electron chi connectivity index (χ3n) is 5.95. The molecule has 162 valence electrons. The number of rotatable bonds is 7. The minimum atomic E-state index is -0.202. The molecule has 4 rings (SSSR count). The zero-order valence-electron chi connectivity index (χ0n) is 18.1. The van der Waals surface area contributed by atoms with E-state index < -0.39 is 0 Å². The van der Waals surface area contributed by atoms with Crippen molar-refractivity contribution in [2.45, 2.75) is 52.1 Å². The molecule has 1 aromatic rings. The molecule has 6 nitrogen and oxygen atoms in total. The highest BCUT2D eigenvalue weighted by Gasteiger charge is 2.42. The van der Waals surface area contributed by atoms with Crippen LogP contribution in [0, 0.1) is 5.92 Å². The molecule has 3 heterocycles. The van der Waals surface area contributed by atoms with Gasteiger partial charge in [0, 0.05) is 19.7 Å². The van der Waals surface area contributed by atoms with Gasteiger partial charge in [0.15, 0.2) is 0 Å². The van der Waals surface area contributed by atoms with Gasteiger partial charge in [-0.2, -0.15) is 0 Å². The maximum Gasteiger partial charge on any atom is 0.277 e. The van der Waals surface area contributed by atoms with E-state index in [-0.39, 0.29) is 17.9 Å². The molecule has 0 saturated carbocycles. The van der Waals surface area contributed by atoms with E-state index in [1.165, 1.54) is 11.3 Å². The van der Waals surface area contributed by atoms with Gasteiger partial charge in [0.25, 0.3) is 11.8 Å². The first-order chi connectivity index (χ1) is 14.5. The normalized spacial score (nSPS) is 22.6. The summed E-state index contributed by atoms with van der Waals surface area (Å²) in [6.07, 6.45) is 5.10. The van der Waals surface area contributed by atoms with E-state index in [0.29, 0.717) is 36.9 Å². The van der Waals surface area contributed by atoms with Crippen LogP contribution in [-0.2, 0) is 14.3 Å². The van der Waals surface area contributed by atoms with E-state index in [1.807, 2.05) is 24.3 Å². The molecule has 0 aromatic heterocycles. The standard InChI is InChI=1S/C24H32N2O4/c1-17(2)16-30-19-10-8-18(9-11-19)21-22(25-12-4-3-5-13-25)24(28)26(23(21)27)15-20-7-6-14-29-20/h8-11,17,20H,3-7,12-16H2,1-2H3. The van der Waals surface area contributed by atoms with Crippen molar-refractivity contribution in [1.29, 1.82) is 0 Å². The van der Waals surface area contributed by atoms with Crippen LogP contribution in [0.3, 0.4) is 0 Å². The first-order valence-corrected chi connectivity index (χ1v) is 11.2. The number of amides is 2. The fraction of sp³-hybridized carbons (Fsp3) is 0.583. The van der Waals surface area contributed by atoms with Gasteiger partial charge in [-0.05, 0) is 55.7 Å². The summed E-state index contributed by atoms with van der Waals surface area (Å²) in [7, 11) is 0. The number of imide groups is 1. The maximum atomic E-state index is 13.4. The highest BCUT2D eigenvalue weighted by molar-refractivity contribution is 6.35. The van der Waals surface area contributed by atoms with Crippen LogP contribution in [0.5, 0.6) is 5.75 Å². The van der Waals surface area contributed by atoms with Gasteiger partial charge in [-0.25, -0.2) is 0 Å². The second kappa shape index (κ2) is 9.21. The second-order valence-corrected chi connectivity index (χ2v) is 8.86. The summed E-state index contributed by atoms with van der Waals surface area (Å²) in [5.41, 5.74) is 1.87. The minimum absolute atomic E-state index is 0.0494. The number of benzene rings is 1. The molecule has 0 spiro atoms. The highest BCUT2D eigenvalue weighted by Crippen LogP contribution is 2.34. The number of hydrogen-bond donors (Lipinski definition) is 0. The summed E-state index contributed by atoms with van der Waals surface area (Å²) in [4.78, 5) is 30.3. The molecule has 3 aliphatic heterocycles. The van der Waals surface area contributed by atoms with Crippen molar-refractivity contribution >= 4 is 17.4 Å². The van der Waals surface area contributed by atoms with Gasteiger partial charge < -0.3 is 14.4 Å². The first-order valence-electron chi connectivity index (χ1n) is 11.2. The molecular formula is C24H32N2O4. The molecule has 2 amide bonds. The Hall–Kier alpha value is -2.34. The van der Waals surface area contributed by atoms with Crippen LogP contribution in [0.25, 0.3) is 5.57 Å². The molecule has 6 heteroatoms. The van der Waals surface area contributed by atoms with Crippen LogP contribution < -0.4 is 4.74 Å². The average Bonchev–Trinajstić information content (AvgIpc) is 3.35. The predicted octanol–water partition coefficient (Wildman–Crippen LogP) is 3.47. The minimum Gasteiger partial charge on any atom is -0.493 e. The number of piperidine rings is 1. The highest BCUT2D eigenvalue weighted by atomic mass is 16.5. The third-order valence-corrected chi connectivity index (χ3v) is 5.95. The Kier molecular flexibility index (Phi) is 6.42. The van der Waals surface area contributed by atoms with Gasteiger partial charge in [-0.1, -0.05) is 26.0 Å². The molecule has 2 saturated heterocycles. The average molecular weight is 413 g/mol. The second-order valence-electron chi connectivity index (χ2n) is 8.86. The quantitative estimate of drug-likeness (QED) is 0.642. The number of carbonyl (C=O) groups excluding carboxylic acids is 2. The first kappa shape index (κ1) is 20.9. The zero-order valence-corrected chi connectivity index (χ0v) is 18.1. The Morgan fingerprint density at radius 1 is 1.03 bits per heavy atom. The fourth-order valence-corrected chi connectivity index (χ4v) is 4.37. The van der Waals surface area contributed by atoms with Crippen LogP contribution in [0.2, 0.25) is 0 Å². The molecule has 0 radical (unpaired) electrons. The molecule has 0 aliphatic carbocycles. The largest absolute Gasteiger partial charge is 0.493 e. The van der Waals surface area contributed by atoms with E-state index in [1.54, 1.807) is 0 Å². The number of ether oxygens (including phenoxy) is 2. The lowest BCUT2D eigenvalue weighted by Crippen LogP contribution is -2.40. The van der Waals surface area contributed by atoms with Crippen molar-refractivity contribution in [1.82, 2.24) is 9.80 Å². The van der Waals surface area contributed by atoms with Crippen LogP contribution in [-0.4, -0.2) is 60.6 Å². The molecule has 1 atom stereocenters. The van der Waals surface area contributed by atoms with Gasteiger partial charge in [-0.3, -0.25) is 14.5 Å². The molecule has 3 aliphatic rings. The van der Waals surface area contributed by atoms with Crippen molar-refractivity contribution in [3.63, 3.8) is 0 Å². The van der Waals surface area contributed by atoms with E-state index in [9.17, 15) is 9.59 Å². The molecule has 30 heavy (non-hydrogen) atoms. The third kappa shape index (κ3) is 4.38. The monoisotopic (exact) mass is 412 g/mol. The van der Waals surface area contributed by atoms with E-state index in [4.69, 9.17) is 9.47 Å². The predicted molar refractivity (Wildman–Crippen MR) is 115 cm³/mol. The molecule has 0 bridgehead atoms. The molecule has 1 unspecified atom stereocenters. The lowest BCUT2D eigenvalue weighted by Gasteiger charge is -2.30. The summed E-state index contributed by atoms with van der Waals surface area (Å²) in [5.74, 6) is 0.846. The summed E-state index contributed by atoms with van der Waals surface area (Å²) in [6, 6.07) is 7.57. The van der Waals surface area contributed by atoms with Gasteiger partial charge in [0.05, 0.1) is 24.8 Å².